The molecule has 0 saturated carbocycles. The fourth-order valence-electron chi connectivity index (χ4n) is 1.09. The van der Waals surface area contributed by atoms with Crippen LogP contribution in [0.3, 0.4) is 0 Å². The second-order valence-corrected chi connectivity index (χ2v) is 3.17. The van der Waals surface area contributed by atoms with E-state index in [0.717, 1.165) is 0 Å². The summed E-state index contributed by atoms with van der Waals surface area (Å²) >= 11 is 0. The van der Waals surface area contributed by atoms with E-state index in [4.69, 9.17) is 4.74 Å². The average molecular weight is 222 g/mol. The SMILES string of the molecule is CNC(=O)COc1cccc(NC(C)=O)c1. The maximum absolute atomic E-state index is 10.9. The number of rotatable bonds is 4. The summed E-state index contributed by atoms with van der Waals surface area (Å²) in [5.41, 5.74) is 0.641. The number of hydrogen-bond donors (Lipinski definition) is 2. The summed E-state index contributed by atoms with van der Waals surface area (Å²) < 4.78 is 5.22. The van der Waals surface area contributed by atoms with Gasteiger partial charge < -0.3 is 15.4 Å². The first-order valence-corrected chi connectivity index (χ1v) is 4.83. The van der Waals surface area contributed by atoms with Crippen LogP contribution in [0.4, 0.5) is 5.69 Å². The van der Waals surface area contributed by atoms with Gasteiger partial charge in [-0.05, 0) is 12.1 Å². The number of anilines is 1. The Morgan fingerprint density at radius 1 is 1.38 bits per heavy atom. The monoisotopic (exact) mass is 222 g/mol. The molecule has 2 N–H and O–H groups in total. The Labute approximate surface area is 93.8 Å². The summed E-state index contributed by atoms with van der Waals surface area (Å²) in [5.74, 6) is 0.184. The standard InChI is InChI=1S/C11H14N2O3/c1-8(14)13-9-4-3-5-10(6-9)16-7-11(15)12-2/h3-6H,7H2,1-2H3,(H,12,15)(H,13,14). The maximum Gasteiger partial charge on any atom is 0.257 e. The van der Waals surface area contributed by atoms with E-state index in [1.807, 2.05) is 0 Å². The molecule has 1 rings (SSSR count). The lowest BCUT2D eigenvalue weighted by Crippen LogP contribution is -2.24. The molecule has 16 heavy (non-hydrogen) atoms. The number of hydrogen-bond acceptors (Lipinski definition) is 3. The van der Waals surface area contributed by atoms with Crippen molar-refractivity contribution in [1.29, 1.82) is 0 Å². The summed E-state index contributed by atoms with van der Waals surface area (Å²) in [6.07, 6.45) is 0. The lowest BCUT2D eigenvalue weighted by atomic mass is 10.3. The number of carbonyl (C=O) groups is 2. The van der Waals surface area contributed by atoms with E-state index < -0.39 is 0 Å². The predicted octanol–water partition coefficient (Wildman–Crippen LogP) is 0.770. The molecular formula is C11H14N2O3. The molecule has 0 aromatic heterocycles. The third-order valence-electron chi connectivity index (χ3n) is 1.80. The van der Waals surface area contributed by atoms with Crippen LogP contribution in [0, 0.1) is 0 Å². The van der Waals surface area contributed by atoms with Gasteiger partial charge in [-0.2, -0.15) is 0 Å². The molecule has 0 unspecified atom stereocenters. The van der Waals surface area contributed by atoms with Crippen LogP contribution in [-0.4, -0.2) is 25.5 Å². The highest BCUT2D eigenvalue weighted by molar-refractivity contribution is 5.88. The van der Waals surface area contributed by atoms with Crippen molar-refractivity contribution in [2.45, 2.75) is 6.92 Å². The van der Waals surface area contributed by atoms with Gasteiger partial charge in [-0.15, -0.1) is 0 Å². The molecule has 0 radical (unpaired) electrons. The number of amides is 2. The minimum Gasteiger partial charge on any atom is -0.484 e. The lowest BCUT2D eigenvalue weighted by molar-refractivity contribution is -0.122. The molecule has 0 bridgehead atoms. The highest BCUT2D eigenvalue weighted by Crippen LogP contribution is 2.16. The molecule has 5 heteroatoms. The predicted molar refractivity (Wildman–Crippen MR) is 60.3 cm³/mol. The van der Waals surface area contributed by atoms with Gasteiger partial charge in [0.15, 0.2) is 6.61 Å². The molecule has 1 aromatic carbocycles. The molecule has 1 aromatic rings. The molecule has 86 valence electrons. The third-order valence-corrected chi connectivity index (χ3v) is 1.80. The molecule has 0 fully saturated rings. The largest absolute Gasteiger partial charge is 0.484 e. The summed E-state index contributed by atoms with van der Waals surface area (Å²) in [5, 5.41) is 5.08. The summed E-state index contributed by atoms with van der Waals surface area (Å²) in [4.78, 5) is 21.8. The van der Waals surface area contributed by atoms with E-state index >= 15 is 0 Å². The summed E-state index contributed by atoms with van der Waals surface area (Å²) in [7, 11) is 1.54. The number of ether oxygens (including phenoxy) is 1. The van der Waals surface area contributed by atoms with Gasteiger partial charge in [0.1, 0.15) is 5.75 Å². The fraction of sp³-hybridized carbons (Fsp3) is 0.273. The van der Waals surface area contributed by atoms with Crippen LogP contribution in [0.5, 0.6) is 5.75 Å². The van der Waals surface area contributed by atoms with Gasteiger partial charge in [0, 0.05) is 25.7 Å². The van der Waals surface area contributed by atoms with Crippen LogP contribution in [0.15, 0.2) is 24.3 Å². The first-order valence-electron chi connectivity index (χ1n) is 4.83. The van der Waals surface area contributed by atoms with Crippen LogP contribution in [-0.2, 0) is 9.59 Å². The normalized spacial score (nSPS) is 9.38. The van der Waals surface area contributed by atoms with Crippen LogP contribution in [0.2, 0.25) is 0 Å². The minimum absolute atomic E-state index is 0.0416. The van der Waals surface area contributed by atoms with Crippen LogP contribution in [0.25, 0.3) is 0 Å². The second kappa shape index (κ2) is 5.75. The highest BCUT2D eigenvalue weighted by Gasteiger charge is 2.01. The number of likely N-dealkylation sites (N-methyl/N-ethyl adjacent to an activating group) is 1. The first-order chi connectivity index (χ1) is 7.61. The van der Waals surface area contributed by atoms with Gasteiger partial charge in [-0.3, -0.25) is 9.59 Å². The van der Waals surface area contributed by atoms with Crippen molar-refractivity contribution in [3.63, 3.8) is 0 Å². The Kier molecular flexibility index (Phi) is 4.32. The van der Waals surface area contributed by atoms with Gasteiger partial charge in [0.2, 0.25) is 5.91 Å². The van der Waals surface area contributed by atoms with Crippen molar-refractivity contribution in [2.75, 3.05) is 19.0 Å². The van der Waals surface area contributed by atoms with Crippen molar-refractivity contribution < 1.29 is 14.3 Å². The van der Waals surface area contributed by atoms with E-state index in [1.165, 1.54) is 6.92 Å². The Morgan fingerprint density at radius 2 is 2.12 bits per heavy atom. The molecular weight excluding hydrogens is 208 g/mol. The van der Waals surface area contributed by atoms with Crippen molar-refractivity contribution in [3.8, 4) is 5.75 Å². The Balaban J connectivity index is 2.60. The zero-order chi connectivity index (χ0) is 12.0. The molecule has 0 aliphatic carbocycles. The summed E-state index contributed by atoms with van der Waals surface area (Å²) in [6.45, 7) is 1.39. The number of carbonyl (C=O) groups excluding carboxylic acids is 2. The van der Waals surface area contributed by atoms with Crippen molar-refractivity contribution in [1.82, 2.24) is 5.32 Å². The van der Waals surface area contributed by atoms with Crippen molar-refractivity contribution in [3.05, 3.63) is 24.3 Å². The average Bonchev–Trinajstić information content (AvgIpc) is 2.25. The van der Waals surface area contributed by atoms with Gasteiger partial charge in [0.25, 0.3) is 5.91 Å². The van der Waals surface area contributed by atoms with Gasteiger partial charge in [-0.1, -0.05) is 6.07 Å². The molecule has 0 spiro atoms. The van der Waals surface area contributed by atoms with E-state index in [-0.39, 0.29) is 18.4 Å². The smallest absolute Gasteiger partial charge is 0.257 e. The second-order valence-electron chi connectivity index (χ2n) is 3.17. The van der Waals surface area contributed by atoms with E-state index in [9.17, 15) is 9.59 Å². The van der Waals surface area contributed by atoms with E-state index in [0.29, 0.717) is 11.4 Å². The van der Waals surface area contributed by atoms with Gasteiger partial charge >= 0.3 is 0 Å². The first kappa shape index (κ1) is 12.0. The van der Waals surface area contributed by atoms with Crippen molar-refractivity contribution >= 4 is 17.5 Å². The molecule has 5 nitrogen and oxygen atoms in total. The Bertz CT molecular complexity index is 391. The quantitative estimate of drug-likeness (QED) is 0.790. The minimum atomic E-state index is -0.204. The van der Waals surface area contributed by atoms with Crippen LogP contribution in [0.1, 0.15) is 6.92 Å². The highest BCUT2D eigenvalue weighted by atomic mass is 16.5. The molecule has 0 aliphatic heterocycles. The van der Waals surface area contributed by atoms with Crippen LogP contribution >= 0.6 is 0 Å². The lowest BCUT2D eigenvalue weighted by Gasteiger charge is -2.07. The maximum atomic E-state index is 10.9. The molecule has 0 heterocycles. The fourth-order valence-corrected chi connectivity index (χ4v) is 1.09. The molecule has 0 atom stereocenters. The number of nitrogens with one attached hydrogen (secondary N) is 2. The summed E-state index contributed by atoms with van der Waals surface area (Å²) in [6, 6.07) is 6.86. The van der Waals surface area contributed by atoms with E-state index in [2.05, 4.69) is 10.6 Å². The molecule has 0 aliphatic rings. The Morgan fingerprint density at radius 3 is 2.75 bits per heavy atom. The third kappa shape index (κ3) is 4.00. The van der Waals surface area contributed by atoms with Gasteiger partial charge in [-0.25, -0.2) is 0 Å². The zero-order valence-electron chi connectivity index (χ0n) is 9.24. The Hall–Kier alpha value is -2.04. The van der Waals surface area contributed by atoms with Crippen molar-refractivity contribution in [2.24, 2.45) is 0 Å². The molecule has 0 saturated heterocycles. The zero-order valence-corrected chi connectivity index (χ0v) is 9.24. The topological polar surface area (TPSA) is 67.4 Å². The molecule has 2 amide bonds. The van der Waals surface area contributed by atoms with E-state index in [1.54, 1.807) is 31.3 Å². The van der Waals surface area contributed by atoms with Gasteiger partial charge in [0.05, 0.1) is 0 Å². The van der Waals surface area contributed by atoms with Crippen LogP contribution < -0.4 is 15.4 Å². The number of benzene rings is 1.